The summed E-state index contributed by atoms with van der Waals surface area (Å²) in [4.78, 5) is 0. The molecule has 1 fully saturated rings. The lowest BCUT2D eigenvalue weighted by molar-refractivity contribution is 0.0572. The standard InChI is InChI=1S/C8H13NO/c1-2-7-4-3-5-8(7,10)6-9/h7,10H,2-5H2,1H3/t7-,8+/m1/s1. The molecule has 10 heavy (non-hydrogen) atoms. The summed E-state index contributed by atoms with van der Waals surface area (Å²) in [5.74, 6) is 0.220. The van der Waals surface area contributed by atoms with Gasteiger partial charge < -0.3 is 5.11 Å². The summed E-state index contributed by atoms with van der Waals surface area (Å²) in [6.45, 7) is 2.03. The number of rotatable bonds is 1. The molecular weight excluding hydrogens is 126 g/mol. The Bertz CT molecular complexity index is 161. The third-order valence-electron chi connectivity index (χ3n) is 2.47. The summed E-state index contributed by atoms with van der Waals surface area (Å²) < 4.78 is 0. The molecule has 0 saturated heterocycles. The Morgan fingerprint density at radius 3 is 2.90 bits per heavy atom. The lowest BCUT2D eigenvalue weighted by Crippen LogP contribution is -2.30. The maximum atomic E-state index is 9.60. The fraction of sp³-hybridized carbons (Fsp3) is 0.875. The van der Waals surface area contributed by atoms with E-state index in [4.69, 9.17) is 5.26 Å². The van der Waals surface area contributed by atoms with Crippen molar-refractivity contribution in [3.8, 4) is 6.07 Å². The summed E-state index contributed by atoms with van der Waals surface area (Å²) >= 11 is 0. The van der Waals surface area contributed by atoms with Crippen molar-refractivity contribution in [1.82, 2.24) is 0 Å². The smallest absolute Gasteiger partial charge is 0.153 e. The summed E-state index contributed by atoms with van der Waals surface area (Å²) in [5.41, 5.74) is -0.991. The Kier molecular flexibility index (Phi) is 1.96. The second-order valence-corrected chi connectivity index (χ2v) is 3.03. The van der Waals surface area contributed by atoms with E-state index in [1.807, 2.05) is 13.0 Å². The first-order valence-electron chi connectivity index (χ1n) is 3.86. The molecule has 1 aliphatic carbocycles. The zero-order chi connectivity index (χ0) is 7.61. The van der Waals surface area contributed by atoms with Crippen LogP contribution in [0.2, 0.25) is 0 Å². The Morgan fingerprint density at radius 1 is 1.80 bits per heavy atom. The molecule has 0 radical (unpaired) electrons. The van der Waals surface area contributed by atoms with E-state index in [1.54, 1.807) is 0 Å². The molecular formula is C8H13NO. The molecule has 0 heterocycles. The van der Waals surface area contributed by atoms with Crippen molar-refractivity contribution in [2.75, 3.05) is 0 Å². The number of hydrogen-bond donors (Lipinski definition) is 1. The average Bonchev–Trinajstić information content (AvgIpc) is 2.32. The number of nitriles is 1. The normalized spacial score (nSPS) is 39.5. The molecule has 0 aromatic rings. The molecule has 0 aromatic carbocycles. The van der Waals surface area contributed by atoms with Crippen LogP contribution in [0.25, 0.3) is 0 Å². The van der Waals surface area contributed by atoms with Crippen LogP contribution >= 0.6 is 0 Å². The zero-order valence-corrected chi connectivity index (χ0v) is 6.30. The molecule has 0 bridgehead atoms. The molecule has 0 unspecified atom stereocenters. The van der Waals surface area contributed by atoms with Crippen LogP contribution in [0.4, 0.5) is 0 Å². The van der Waals surface area contributed by atoms with Gasteiger partial charge in [-0.25, -0.2) is 0 Å². The molecule has 2 nitrogen and oxygen atoms in total. The van der Waals surface area contributed by atoms with Crippen LogP contribution in [-0.2, 0) is 0 Å². The molecule has 1 saturated carbocycles. The van der Waals surface area contributed by atoms with Gasteiger partial charge in [0.1, 0.15) is 0 Å². The maximum Gasteiger partial charge on any atom is 0.153 e. The van der Waals surface area contributed by atoms with Gasteiger partial charge in [0.25, 0.3) is 0 Å². The van der Waals surface area contributed by atoms with Gasteiger partial charge in [-0.3, -0.25) is 0 Å². The van der Waals surface area contributed by atoms with Gasteiger partial charge in [-0.15, -0.1) is 0 Å². The van der Waals surface area contributed by atoms with Crippen molar-refractivity contribution in [3.05, 3.63) is 0 Å². The highest BCUT2D eigenvalue weighted by atomic mass is 16.3. The highest BCUT2D eigenvalue weighted by Gasteiger charge is 2.39. The van der Waals surface area contributed by atoms with E-state index in [2.05, 4.69) is 0 Å². The molecule has 0 spiro atoms. The predicted octanol–water partition coefficient (Wildman–Crippen LogP) is 1.45. The molecule has 1 rings (SSSR count). The predicted molar refractivity (Wildman–Crippen MR) is 38.2 cm³/mol. The van der Waals surface area contributed by atoms with E-state index in [0.29, 0.717) is 6.42 Å². The fourth-order valence-corrected chi connectivity index (χ4v) is 1.75. The quantitative estimate of drug-likeness (QED) is 0.559. The summed E-state index contributed by atoms with van der Waals surface area (Å²) in [7, 11) is 0. The average molecular weight is 139 g/mol. The zero-order valence-electron chi connectivity index (χ0n) is 6.30. The largest absolute Gasteiger partial charge is 0.375 e. The third-order valence-corrected chi connectivity index (χ3v) is 2.47. The van der Waals surface area contributed by atoms with Crippen molar-refractivity contribution in [3.63, 3.8) is 0 Å². The van der Waals surface area contributed by atoms with Gasteiger partial charge in [-0.1, -0.05) is 6.92 Å². The number of hydrogen-bond acceptors (Lipinski definition) is 2. The second-order valence-electron chi connectivity index (χ2n) is 3.03. The molecule has 56 valence electrons. The van der Waals surface area contributed by atoms with Crippen molar-refractivity contribution >= 4 is 0 Å². The highest BCUT2D eigenvalue weighted by molar-refractivity contribution is 5.07. The molecule has 1 aliphatic rings. The van der Waals surface area contributed by atoms with Crippen LogP contribution < -0.4 is 0 Å². The Labute approximate surface area is 61.5 Å². The topological polar surface area (TPSA) is 44.0 Å². The Hall–Kier alpha value is -0.550. The minimum atomic E-state index is -0.991. The minimum Gasteiger partial charge on any atom is -0.375 e. The van der Waals surface area contributed by atoms with Gasteiger partial charge in [0, 0.05) is 5.92 Å². The first-order chi connectivity index (χ1) is 4.73. The van der Waals surface area contributed by atoms with Crippen LogP contribution in [0.3, 0.4) is 0 Å². The summed E-state index contributed by atoms with van der Waals surface area (Å²) in [6, 6.07) is 2.00. The monoisotopic (exact) mass is 139 g/mol. The lowest BCUT2D eigenvalue weighted by Gasteiger charge is -2.20. The molecule has 2 heteroatoms. The molecule has 0 aromatic heterocycles. The molecule has 1 N–H and O–H groups in total. The van der Waals surface area contributed by atoms with E-state index in [1.165, 1.54) is 0 Å². The number of nitrogens with zero attached hydrogens (tertiary/aromatic N) is 1. The summed E-state index contributed by atoms with van der Waals surface area (Å²) in [5, 5.41) is 18.2. The second kappa shape index (κ2) is 2.59. The lowest BCUT2D eigenvalue weighted by atomic mass is 9.90. The van der Waals surface area contributed by atoms with E-state index < -0.39 is 5.60 Å². The Balaban J connectivity index is 2.68. The third kappa shape index (κ3) is 1.02. The van der Waals surface area contributed by atoms with Gasteiger partial charge in [-0.05, 0) is 25.7 Å². The van der Waals surface area contributed by atoms with E-state index in [-0.39, 0.29) is 5.92 Å². The van der Waals surface area contributed by atoms with Crippen LogP contribution in [-0.4, -0.2) is 10.7 Å². The first-order valence-corrected chi connectivity index (χ1v) is 3.86. The number of aliphatic hydroxyl groups is 1. The molecule has 0 aliphatic heterocycles. The Morgan fingerprint density at radius 2 is 2.50 bits per heavy atom. The van der Waals surface area contributed by atoms with Crippen LogP contribution in [0.1, 0.15) is 32.6 Å². The van der Waals surface area contributed by atoms with Gasteiger partial charge >= 0.3 is 0 Å². The van der Waals surface area contributed by atoms with Crippen molar-refractivity contribution in [2.24, 2.45) is 5.92 Å². The van der Waals surface area contributed by atoms with Crippen molar-refractivity contribution in [2.45, 2.75) is 38.2 Å². The minimum absolute atomic E-state index is 0.220. The SMILES string of the molecule is CC[C@@H]1CCC[C@]1(O)C#N. The van der Waals surface area contributed by atoms with Crippen LogP contribution in [0.15, 0.2) is 0 Å². The maximum absolute atomic E-state index is 9.60. The summed E-state index contributed by atoms with van der Waals surface area (Å²) in [6.07, 6.45) is 3.61. The fourth-order valence-electron chi connectivity index (χ4n) is 1.75. The van der Waals surface area contributed by atoms with Gasteiger partial charge in [0.2, 0.25) is 0 Å². The van der Waals surface area contributed by atoms with Crippen molar-refractivity contribution in [1.29, 1.82) is 5.26 Å². The molecule has 0 amide bonds. The van der Waals surface area contributed by atoms with E-state index >= 15 is 0 Å². The highest BCUT2D eigenvalue weighted by Crippen LogP contribution is 2.36. The van der Waals surface area contributed by atoms with Crippen LogP contribution in [0.5, 0.6) is 0 Å². The molecule has 2 atom stereocenters. The first kappa shape index (κ1) is 7.56. The van der Waals surface area contributed by atoms with E-state index in [9.17, 15) is 5.11 Å². The van der Waals surface area contributed by atoms with Gasteiger partial charge in [0.15, 0.2) is 5.60 Å². The van der Waals surface area contributed by atoms with E-state index in [0.717, 1.165) is 19.3 Å². The van der Waals surface area contributed by atoms with Gasteiger partial charge in [0.05, 0.1) is 6.07 Å². The van der Waals surface area contributed by atoms with Crippen molar-refractivity contribution < 1.29 is 5.11 Å². The van der Waals surface area contributed by atoms with Gasteiger partial charge in [-0.2, -0.15) is 5.26 Å². The van der Waals surface area contributed by atoms with Crippen LogP contribution in [0, 0.1) is 17.2 Å².